The fourth-order valence-corrected chi connectivity index (χ4v) is 4.43. The second-order valence-electron chi connectivity index (χ2n) is 6.95. The van der Waals surface area contributed by atoms with Crippen LogP contribution in [0.2, 0.25) is 5.02 Å². The molecule has 0 unspecified atom stereocenters. The standard InChI is InChI=1S/C21H23ClN5P/c1-28(2)19-8-4-3-7-18(19)26-20-16(22)13-24-21(27-20)25-15-9-10-17-14(12-15)6-5-11-23-17/h3-4,7-10,12-13,23H,5-6,11H2,1-2H3,(H2,24,25,26,27). The number of hydrogen-bond donors (Lipinski definition) is 3. The Kier molecular flexibility index (Phi) is 5.65. The van der Waals surface area contributed by atoms with E-state index < -0.39 is 0 Å². The summed E-state index contributed by atoms with van der Waals surface area (Å²) in [4.78, 5) is 8.94. The second-order valence-corrected chi connectivity index (χ2v) is 9.63. The molecule has 3 aromatic rings. The van der Waals surface area contributed by atoms with E-state index in [1.807, 2.05) is 12.1 Å². The van der Waals surface area contributed by atoms with Crippen molar-refractivity contribution in [3.05, 3.63) is 59.2 Å². The minimum atomic E-state index is -0.245. The van der Waals surface area contributed by atoms with E-state index in [-0.39, 0.29) is 7.92 Å². The SMILES string of the molecule is CP(C)c1ccccc1Nc1nc(Nc2ccc3c(c2)CCCN3)ncc1Cl. The lowest BCUT2D eigenvalue weighted by molar-refractivity contribution is 0.830. The first-order valence-electron chi connectivity index (χ1n) is 9.30. The lowest BCUT2D eigenvalue weighted by Gasteiger charge is -2.19. The maximum absolute atomic E-state index is 6.36. The molecule has 0 saturated carbocycles. The molecular formula is C21H23ClN5P. The van der Waals surface area contributed by atoms with Crippen molar-refractivity contribution in [3.8, 4) is 0 Å². The fraction of sp³-hybridized carbons (Fsp3) is 0.238. The minimum absolute atomic E-state index is 0.245. The first kappa shape index (κ1) is 19.0. The number of aromatic nitrogens is 2. The van der Waals surface area contributed by atoms with E-state index in [2.05, 4.69) is 69.6 Å². The average molecular weight is 412 g/mol. The third-order valence-electron chi connectivity index (χ3n) is 4.68. The molecule has 1 aromatic heterocycles. The van der Waals surface area contributed by atoms with Gasteiger partial charge < -0.3 is 16.0 Å². The molecule has 2 aromatic carbocycles. The molecule has 144 valence electrons. The predicted octanol–water partition coefficient (Wildman–Crippen LogP) is 5.34. The number of para-hydroxylation sites is 1. The first-order valence-corrected chi connectivity index (χ1v) is 11.9. The fourth-order valence-electron chi connectivity index (χ4n) is 3.29. The molecule has 0 amide bonds. The number of halogens is 1. The van der Waals surface area contributed by atoms with E-state index in [4.69, 9.17) is 11.6 Å². The number of hydrogen-bond acceptors (Lipinski definition) is 5. The van der Waals surface area contributed by atoms with E-state index >= 15 is 0 Å². The van der Waals surface area contributed by atoms with Crippen molar-refractivity contribution in [1.29, 1.82) is 0 Å². The van der Waals surface area contributed by atoms with Crippen molar-refractivity contribution >= 4 is 53.7 Å². The summed E-state index contributed by atoms with van der Waals surface area (Å²) in [6.45, 7) is 5.50. The Hall–Kier alpha value is -2.36. The van der Waals surface area contributed by atoms with Gasteiger partial charge in [0.25, 0.3) is 0 Å². The number of anilines is 5. The summed E-state index contributed by atoms with van der Waals surface area (Å²) in [6.07, 6.45) is 3.86. The van der Waals surface area contributed by atoms with Crippen LogP contribution in [0, 0.1) is 0 Å². The third-order valence-corrected chi connectivity index (χ3v) is 6.31. The van der Waals surface area contributed by atoms with Gasteiger partial charge in [0.05, 0.1) is 6.20 Å². The van der Waals surface area contributed by atoms with Crippen LogP contribution >= 0.6 is 19.5 Å². The highest BCUT2D eigenvalue weighted by Crippen LogP contribution is 2.31. The Morgan fingerprint density at radius 2 is 1.96 bits per heavy atom. The highest BCUT2D eigenvalue weighted by atomic mass is 35.5. The van der Waals surface area contributed by atoms with Crippen LogP contribution < -0.4 is 21.3 Å². The van der Waals surface area contributed by atoms with Crippen LogP contribution in [0.1, 0.15) is 12.0 Å². The van der Waals surface area contributed by atoms with Gasteiger partial charge in [-0.3, -0.25) is 0 Å². The summed E-state index contributed by atoms with van der Waals surface area (Å²) in [6, 6.07) is 14.6. The maximum atomic E-state index is 6.36. The molecule has 0 saturated heterocycles. The minimum Gasteiger partial charge on any atom is -0.385 e. The molecule has 0 spiro atoms. The van der Waals surface area contributed by atoms with Gasteiger partial charge in [-0.2, -0.15) is 4.98 Å². The number of aryl methyl sites for hydroxylation is 1. The van der Waals surface area contributed by atoms with Crippen molar-refractivity contribution in [2.75, 3.05) is 35.8 Å². The van der Waals surface area contributed by atoms with E-state index in [0.29, 0.717) is 16.8 Å². The van der Waals surface area contributed by atoms with Gasteiger partial charge in [0.15, 0.2) is 5.82 Å². The van der Waals surface area contributed by atoms with E-state index in [1.54, 1.807) is 6.20 Å². The smallest absolute Gasteiger partial charge is 0.229 e. The highest BCUT2D eigenvalue weighted by molar-refractivity contribution is 7.64. The van der Waals surface area contributed by atoms with E-state index in [9.17, 15) is 0 Å². The maximum Gasteiger partial charge on any atom is 0.229 e. The lowest BCUT2D eigenvalue weighted by Crippen LogP contribution is -2.12. The van der Waals surface area contributed by atoms with Crippen LogP contribution in [0.25, 0.3) is 0 Å². The first-order chi connectivity index (χ1) is 13.6. The molecule has 0 atom stereocenters. The van der Waals surface area contributed by atoms with Gasteiger partial charge in [-0.05, 0) is 61.3 Å². The van der Waals surface area contributed by atoms with Crippen LogP contribution in [0.3, 0.4) is 0 Å². The van der Waals surface area contributed by atoms with Crippen LogP contribution in [0.15, 0.2) is 48.7 Å². The molecular weight excluding hydrogens is 389 g/mol. The number of benzene rings is 2. The Balaban J connectivity index is 1.58. The van der Waals surface area contributed by atoms with Crippen LogP contribution in [0.4, 0.5) is 28.8 Å². The van der Waals surface area contributed by atoms with Crippen molar-refractivity contribution < 1.29 is 0 Å². The number of fused-ring (bicyclic) bond motifs is 1. The summed E-state index contributed by atoms with van der Waals surface area (Å²) in [5, 5.41) is 11.9. The monoisotopic (exact) mass is 411 g/mol. The topological polar surface area (TPSA) is 61.9 Å². The summed E-state index contributed by atoms with van der Waals surface area (Å²) in [5.41, 5.74) is 4.53. The summed E-state index contributed by atoms with van der Waals surface area (Å²) in [7, 11) is -0.245. The van der Waals surface area contributed by atoms with Gasteiger partial charge in [0, 0.05) is 23.6 Å². The summed E-state index contributed by atoms with van der Waals surface area (Å²) < 4.78 is 0. The second kappa shape index (κ2) is 8.34. The average Bonchev–Trinajstić information content (AvgIpc) is 2.71. The molecule has 5 nitrogen and oxygen atoms in total. The van der Waals surface area contributed by atoms with E-state index in [0.717, 1.165) is 30.8 Å². The molecule has 3 N–H and O–H groups in total. The van der Waals surface area contributed by atoms with Crippen molar-refractivity contribution in [1.82, 2.24) is 9.97 Å². The Labute approximate surface area is 171 Å². The molecule has 7 heteroatoms. The highest BCUT2D eigenvalue weighted by Gasteiger charge is 2.12. The van der Waals surface area contributed by atoms with Gasteiger partial charge in [-0.1, -0.05) is 37.7 Å². The largest absolute Gasteiger partial charge is 0.385 e. The van der Waals surface area contributed by atoms with Crippen molar-refractivity contribution in [2.45, 2.75) is 12.8 Å². The van der Waals surface area contributed by atoms with E-state index in [1.165, 1.54) is 16.6 Å². The van der Waals surface area contributed by atoms with Gasteiger partial charge >= 0.3 is 0 Å². The van der Waals surface area contributed by atoms with Crippen molar-refractivity contribution in [3.63, 3.8) is 0 Å². The van der Waals surface area contributed by atoms with Crippen molar-refractivity contribution in [2.24, 2.45) is 0 Å². The van der Waals surface area contributed by atoms with Crippen LogP contribution in [-0.4, -0.2) is 29.8 Å². The zero-order valence-electron chi connectivity index (χ0n) is 16.0. The Morgan fingerprint density at radius 1 is 1.11 bits per heavy atom. The quantitative estimate of drug-likeness (QED) is 0.494. The summed E-state index contributed by atoms with van der Waals surface area (Å²) in [5.74, 6) is 1.12. The van der Waals surface area contributed by atoms with Crippen LogP contribution in [-0.2, 0) is 6.42 Å². The third kappa shape index (κ3) is 4.21. The Bertz CT molecular complexity index is 992. The van der Waals surface area contributed by atoms with Gasteiger partial charge in [-0.25, -0.2) is 4.98 Å². The molecule has 2 heterocycles. The Morgan fingerprint density at radius 3 is 2.82 bits per heavy atom. The molecule has 4 rings (SSSR count). The zero-order chi connectivity index (χ0) is 19.5. The molecule has 1 aliphatic heterocycles. The molecule has 0 fully saturated rings. The number of nitrogens with one attached hydrogen (secondary N) is 3. The molecule has 28 heavy (non-hydrogen) atoms. The summed E-state index contributed by atoms with van der Waals surface area (Å²) >= 11 is 6.36. The normalized spacial score (nSPS) is 13.0. The van der Waals surface area contributed by atoms with Gasteiger partial charge in [0.2, 0.25) is 5.95 Å². The lowest BCUT2D eigenvalue weighted by atomic mass is 10.0. The predicted molar refractivity (Wildman–Crippen MR) is 122 cm³/mol. The van der Waals surface area contributed by atoms with Gasteiger partial charge in [0.1, 0.15) is 5.02 Å². The molecule has 0 bridgehead atoms. The molecule has 1 aliphatic rings. The number of nitrogens with zero attached hydrogens (tertiary/aromatic N) is 2. The number of rotatable bonds is 5. The van der Waals surface area contributed by atoms with Gasteiger partial charge in [-0.15, -0.1) is 0 Å². The molecule has 0 radical (unpaired) electrons. The molecule has 0 aliphatic carbocycles. The van der Waals surface area contributed by atoms with Crippen LogP contribution in [0.5, 0.6) is 0 Å². The zero-order valence-corrected chi connectivity index (χ0v) is 17.6.